The molecular weight excluding hydrogens is 297 g/mol. The van der Waals surface area contributed by atoms with Gasteiger partial charge in [-0.05, 0) is 12.5 Å². The number of morpholine rings is 1. The van der Waals surface area contributed by atoms with E-state index >= 15 is 0 Å². The Morgan fingerprint density at radius 3 is 2.91 bits per heavy atom. The fourth-order valence-corrected chi connectivity index (χ4v) is 3.45. The summed E-state index contributed by atoms with van der Waals surface area (Å²) in [5.41, 5.74) is -0.564. The molecule has 0 N–H and O–H groups in total. The van der Waals surface area contributed by atoms with Crippen LogP contribution >= 0.6 is 0 Å². The highest BCUT2D eigenvalue weighted by Crippen LogP contribution is 2.41. The molecule has 120 valence electrons. The summed E-state index contributed by atoms with van der Waals surface area (Å²) in [6, 6.07) is 3.42. The maximum absolute atomic E-state index is 13.4. The van der Waals surface area contributed by atoms with Crippen molar-refractivity contribution in [1.82, 2.24) is 4.98 Å². The summed E-state index contributed by atoms with van der Waals surface area (Å²) in [6.45, 7) is 5.16. The maximum Gasteiger partial charge on any atom is 0.178 e. The van der Waals surface area contributed by atoms with Crippen LogP contribution < -0.4 is 4.90 Å². The van der Waals surface area contributed by atoms with Crippen molar-refractivity contribution in [2.45, 2.75) is 25.9 Å². The molecule has 2 aliphatic rings. The SMILES string of the molecule is CC1(C)CC2(C=C(C#N)C1=O)CN(c1cncc(F)c1)CCO2. The van der Waals surface area contributed by atoms with Crippen LogP contribution in [-0.4, -0.2) is 36.1 Å². The van der Waals surface area contributed by atoms with Crippen molar-refractivity contribution in [2.75, 3.05) is 24.6 Å². The number of aromatic nitrogens is 1. The standard InChI is InChI=1S/C17H18FN3O2/c1-16(2)10-17(6-12(7-19)15(16)22)11-21(3-4-23-17)14-5-13(18)8-20-9-14/h5-6,8-9H,3-4,10-11H2,1-2H3. The predicted molar refractivity (Wildman–Crippen MR) is 82.2 cm³/mol. The highest BCUT2D eigenvalue weighted by atomic mass is 19.1. The number of carbonyl (C=O) groups is 1. The third-order valence-electron chi connectivity index (χ3n) is 4.39. The van der Waals surface area contributed by atoms with Gasteiger partial charge >= 0.3 is 0 Å². The van der Waals surface area contributed by atoms with E-state index in [1.807, 2.05) is 24.8 Å². The fourth-order valence-electron chi connectivity index (χ4n) is 3.45. The second kappa shape index (κ2) is 5.43. The van der Waals surface area contributed by atoms with Gasteiger partial charge in [-0.1, -0.05) is 13.8 Å². The van der Waals surface area contributed by atoms with Crippen molar-refractivity contribution in [3.63, 3.8) is 0 Å². The molecule has 1 saturated heterocycles. The molecule has 1 aliphatic carbocycles. The molecule has 1 fully saturated rings. The lowest BCUT2D eigenvalue weighted by atomic mass is 9.69. The lowest BCUT2D eigenvalue weighted by Crippen LogP contribution is -2.55. The van der Waals surface area contributed by atoms with E-state index in [-0.39, 0.29) is 11.4 Å². The van der Waals surface area contributed by atoms with Gasteiger partial charge in [0, 0.05) is 18.0 Å². The first kappa shape index (κ1) is 15.6. The van der Waals surface area contributed by atoms with Gasteiger partial charge in [0.2, 0.25) is 0 Å². The molecule has 1 aromatic heterocycles. The molecule has 5 nitrogen and oxygen atoms in total. The Morgan fingerprint density at radius 1 is 1.43 bits per heavy atom. The molecule has 0 radical (unpaired) electrons. The van der Waals surface area contributed by atoms with Crippen LogP contribution in [0.15, 0.2) is 30.1 Å². The van der Waals surface area contributed by atoms with Gasteiger partial charge in [-0.2, -0.15) is 5.26 Å². The molecule has 3 rings (SSSR count). The van der Waals surface area contributed by atoms with Gasteiger partial charge in [0.05, 0.1) is 36.8 Å². The molecule has 0 bridgehead atoms. The molecule has 1 atom stereocenters. The normalized spacial score (nSPS) is 26.8. The van der Waals surface area contributed by atoms with Crippen molar-refractivity contribution in [3.05, 3.63) is 35.9 Å². The fraction of sp³-hybridized carbons (Fsp3) is 0.471. The minimum Gasteiger partial charge on any atom is -0.367 e. The first-order valence-corrected chi connectivity index (χ1v) is 7.52. The van der Waals surface area contributed by atoms with Crippen LogP contribution in [0.25, 0.3) is 0 Å². The third-order valence-corrected chi connectivity index (χ3v) is 4.39. The Kier molecular flexibility index (Phi) is 3.69. The van der Waals surface area contributed by atoms with E-state index in [4.69, 9.17) is 4.74 Å². The zero-order valence-electron chi connectivity index (χ0n) is 13.2. The summed E-state index contributed by atoms with van der Waals surface area (Å²) in [6.07, 6.45) is 4.90. The van der Waals surface area contributed by atoms with Gasteiger partial charge in [-0.3, -0.25) is 9.78 Å². The number of carbonyl (C=O) groups excluding carboxylic acids is 1. The van der Waals surface area contributed by atoms with E-state index in [9.17, 15) is 14.4 Å². The van der Waals surface area contributed by atoms with Crippen molar-refractivity contribution in [2.24, 2.45) is 5.41 Å². The van der Waals surface area contributed by atoms with Crippen molar-refractivity contribution < 1.29 is 13.9 Å². The number of ketones is 1. The maximum atomic E-state index is 13.4. The average molecular weight is 315 g/mol. The van der Waals surface area contributed by atoms with E-state index in [0.717, 1.165) is 6.20 Å². The molecule has 0 saturated carbocycles. The van der Waals surface area contributed by atoms with E-state index in [0.29, 0.717) is 31.8 Å². The van der Waals surface area contributed by atoms with Crippen LogP contribution in [0.2, 0.25) is 0 Å². The zero-order chi connectivity index (χ0) is 16.7. The Hall–Kier alpha value is -2.26. The summed E-state index contributed by atoms with van der Waals surface area (Å²) in [5.74, 6) is -0.547. The number of hydrogen-bond acceptors (Lipinski definition) is 5. The monoisotopic (exact) mass is 315 g/mol. The predicted octanol–water partition coefficient (Wildman–Crippen LogP) is 2.25. The van der Waals surface area contributed by atoms with Crippen LogP contribution in [0.1, 0.15) is 20.3 Å². The third kappa shape index (κ3) is 2.84. The molecule has 6 heteroatoms. The molecule has 2 heterocycles. The molecule has 0 amide bonds. The summed E-state index contributed by atoms with van der Waals surface area (Å²) in [5, 5.41) is 9.26. The number of ether oxygens (including phenoxy) is 1. The molecule has 1 spiro atoms. The lowest BCUT2D eigenvalue weighted by Gasteiger charge is -2.47. The van der Waals surface area contributed by atoms with E-state index in [1.54, 1.807) is 12.3 Å². The average Bonchev–Trinajstić information content (AvgIpc) is 2.51. The van der Waals surface area contributed by atoms with Gasteiger partial charge < -0.3 is 9.64 Å². The minimum absolute atomic E-state index is 0.139. The number of allylic oxidation sites excluding steroid dienone is 1. The number of nitrogens with zero attached hydrogens (tertiary/aromatic N) is 3. The summed E-state index contributed by atoms with van der Waals surface area (Å²) < 4.78 is 19.4. The highest BCUT2D eigenvalue weighted by molar-refractivity contribution is 6.04. The first-order chi connectivity index (χ1) is 10.9. The van der Waals surface area contributed by atoms with E-state index in [2.05, 4.69) is 4.98 Å². The number of nitriles is 1. The second-order valence-electron chi connectivity index (χ2n) is 6.76. The van der Waals surface area contributed by atoms with E-state index in [1.165, 1.54) is 6.07 Å². The molecule has 1 aliphatic heterocycles. The van der Waals surface area contributed by atoms with E-state index < -0.39 is 16.8 Å². The number of pyridine rings is 1. The van der Waals surface area contributed by atoms with Gasteiger partial charge in [-0.15, -0.1) is 0 Å². The van der Waals surface area contributed by atoms with Crippen LogP contribution in [0.5, 0.6) is 0 Å². The van der Waals surface area contributed by atoms with Gasteiger partial charge in [0.15, 0.2) is 5.78 Å². The van der Waals surface area contributed by atoms with Gasteiger partial charge in [0.25, 0.3) is 0 Å². The Balaban J connectivity index is 1.95. The van der Waals surface area contributed by atoms with Crippen LogP contribution in [0.4, 0.5) is 10.1 Å². The quantitative estimate of drug-likeness (QED) is 0.795. The van der Waals surface area contributed by atoms with Gasteiger partial charge in [-0.25, -0.2) is 4.39 Å². The molecule has 0 aromatic carbocycles. The number of rotatable bonds is 1. The number of halogens is 1. The van der Waals surface area contributed by atoms with Crippen molar-refractivity contribution in [1.29, 1.82) is 5.26 Å². The minimum atomic E-state index is -0.715. The van der Waals surface area contributed by atoms with Crippen molar-refractivity contribution >= 4 is 11.5 Å². The first-order valence-electron chi connectivity index (χ1n) is 7.52. The number of hydrogen-bond donors (Lipinski definition) is 0. The largest absolute Gasteiger partial charge is 0.367 e. The highest BCUT2D eigenvalue weighted by Gasteiger charge is 2.48. The van der Waals surface area contributed by atoms with Gasteiger partial charge in [0.1, 0.15) is 17.5 Å². The molecule has 1 unspecified atom stereocenters. The van der Waals surface area contributed by atoms with Crippen LogP contribution in [0.3, 0.4) is 0 Å². The van der Waals surface area contributed by atoms with Crippen LogP contribution in [-0.2, 0) is 9.53 Å². The summed E-state index contributed by atoms with van der Waals surface area (Å²) in [7, 11) is 0. The van der Waals surface area contributed by atoms with Crippen molar-refractivity contribution in [3.8, 4) is 6.07 Å². The molecule has 23 heavy (non-hydrogen) atoms. The lowest BCUT2D eigenvalue weighted by molar-refractivity contribution is -0.130. The zero-order valence-corrected chi connectivity index (χ0v) is 13.2. The second-order valence-corrected chi connectivity index (χ2v) is 6.76. The summed E-state index contributed by atoms with van der Waals surface area (Å²) in [4.78, 5) is 18.1. The Bertz CT molecular complexity index is 723. The topological polar surface area (TPSA) is 66.2 Å². The smallest absolute Gasteiger partial charge is 0.178 e. The number of Topliss-reactive ketones (excluding diaryl/α,β-unsaturated/α-hetero) is 1. The Morgan fingerprint density at radius 2 is 2.22 bits per heavy atom. The summed E-state index contributed by atoms with van der Waals surface area (Å²) >= 11 is 0. The van der Waals surface area contributed by atoms with Crippen LogP contribution in [0, 0.1) is 22.6 Å². The number of anilines is 1. The molecule has 1 aromatic rings. The molecular formula is C17H18FN3O2. The Labute approximate surface area is 134 Å².